The number of hydrogen-bond acceptors (Lipinski definition) is 2. The fraction of sp³-hybridized carbons (Fsp3) is 0.409. The van der Waals surface area contributed by atoms with Crippen LogP contribution in [0.25, 0.3) is 0 Å². The molecule has 1 aromatic carbocycles. The molecule has 0 radical (unpaired) electrons. The van der Waals surface area contributed by atoms with Crippen molar-refractivity contribution >= 4 is 5.97 Å². The summed E-state index contributed by atoms with van der Waals surface area (Å²) in [5, 5.41) is 0. The zero-order valence-corrected chi connectivity index (χ0v) is 15.0. The molecule has 0 heterocycles. The topological polar surface area (TPSA) is 26.3 Å². The van der Waals surface area contributed by atoms with E-state index in [1.54, 1.807) is 0 Å². The van der Waals surface area contributed by atoms with Gasteiger partial charge in [0.2, 0.25) is 0 Å². The molecule has 2 nitrogen and oxygen atoms in total. The quantitative estimate of drug-likeness (QED) is 0.612. The summed E-state index contributed by atoms with van der Waals surface area (Å²) < 4.78 is 4.81. The number of allylic oxidation sites excluding steroid dienone is 6. The van der Waals surface area contributed by atoms with E-state index in [2.05, 4.69) is 62.4 Å². The van der Waals surface area contributed by atoms with E-state index in [0.29, 0.717) is 12.3 Å². The summed E-state index contributed by atoms with van der Waals surface area (Å²) in [4.78, 5) is 11.6. The predicted molar refractivity (Wildman–Crippen MR) is 99.8 cm³/mol. The second kappa shape index (κ2) is 9.27. The number of esters is 1. The Morgan fingerprint density at radius 1 is 1.21 bits per heavy atom. The standard InChI is InChI=1S/C22H28O2/c1-17(2)9-10-18-11-13-20(14-12-18)21(15-16-22(23)24-3)19-7-5-4-6-8-19/h4-8,10-11,13-14,17,21H,9,12,15-16H2,1-3H3. The summed E-state index contributed by atoms with van der Waals surface area (Å²) in [6.07, 6.45) is 12.4. The third kappa shape index (κ3) is 5.52. The lowest BCUT2D eigenvalue weighted by Gasteiger charge is -2.21. The van der Waals surface area contributed by atoms with Gasteiger partial charge >= 0.3 is 5.97 Å². The first-order chi connectivity index (χ1) is 11.6. The highest BCUT2D eigenvalue weighted by Crippen LogP contribution is 2.33. The van der Waals surface area contributed by atoms with E-state index in [9.17, 15) is 4.79 Å². The largest absolute Gasteiger partial charge is 0.469 e. The lowest BCUT2D eigenvalue weighted by Crippen LogP contribution is -2.08. The third-order valence-corrected chi connectivity index (χ3v) is 4.38. The second-order valence-electron chi connectivity index (χ2n) is 6.73. The van der Waals surface area contributed by atoms with Gasteiger partial charge in [-0.25, -0.2) is 0 Å². The molecule has 2 rings (SSSR count). The van der Waals surface area contributed by atoms with Gasteiger partial charge in [0, 0.05) is 12.3 Å². The molecule has 0 spiro atoms. The predicted octanol–water partition coefficient (Wildman–Crippen LogP) is 5.58. The van der Waals surface area contributed by atoms with Gasteiger partial charge in [0.15, 0.2) is 0 Å². The van der Waals surface area contributed by atoms with E-state index in [0.717, 1.165) is 19.3 Å². The molecule has 0 saturated heterocycles. The summed E-state index contributed by atoms with van der Waals surface area (Å²) >= 11 is 0. The van der Waals surface area contributed by atoms with Gasteiger partial charge in [0.1, 0.15) is 0 Å². The van der Waals surface area contributed by atoms with Crippen LogP contribution in [0.15, 0.2) is 65.8 Å². The van der Waals surface area contributed by atoms with Crippen LogP contribution in [0.3, 0.4) is 0 Å². The van der Waals surface area contributed by atoms with E-state index in [1.807, 2.05) is 6.07 Å². The van der Waals surface area contributed by atoms with Crippen molar-refractivity contribution in [3.8, 4) is 0 Å². The number of rotatable bonds is 7. The van der Waals surface area contributed by atoms with Crippen molar-refractivity contribution in [3.05, 3.63) is 71.3 Å². The van der Waals surface area contributed by atoms with Crippen molar-refractivity contribution in [3.63, 3.8) is 0 Å². The lowest BCUT2D eigenvalue weighted by molar-refractivity contribution is -0.140. The molecule has 2 heteroatoms. The van der Waals surface area contributed by atoms with Crippen LogP contribution in [0.4, 0.5) is 0 Å². The molecule has 1 unspecified atom stereocenters. The molecule has 0 saturated carbocycles. The molecule has 1 aromatic rings. The Morgan fingerprint density at radius 3 is 2.54 bits per heavy atom. The first kappa shape index (κ1) is 18.3. The SMILES string of the molecule is COC(=O)CCC(C1=CCC(=CCC(C)C)C=C1)c1ccccc1. The molecule has 0 bridgehead atoms. The Labute approximate surface area is 145 Å². The highest BCUT2D eigenvalue weighted by molar-refractivity contribution is 5.69. The molecule has 0 aliphatic heterocycles. The van der Waals surface area contributed by atoms with Gasteiger partial charge in [-0.2, -0.15) is 0 Å². The van der Waals surface area contributed by atoms with Gasteiger partial charge in [-0.1, -0.05) is 68.5 Å². The minimum absolute atomic E-state index is 0.145. The van der Waals surface area contributed by atoms with Gasteiger partial charge < -0.3 is 4.74 Å². The normalized spacial score (nSPS) is 17.0. The van der Waals surface area contributed by atoms with Crippen LogP contribution in [0, 0.1) is 5.92 Å². The molecule has 0 N–H and O–H groups in total. The molecule has 0 fully saturated rings. The van der Waals surface area contributed by atoms with Crippen molar-refractivity contribution in [2.75, 3.05) is 7.11 Å². The molecule has 24 heavy (non-hydrogen) atoms. The number of carbonyl (C=O) groups excluding carboxylic acids is 1. The van der Waals surface area contributed by atoms with Crippen LogP contribution in [-0.4, -0.2) is 13.1 Å². The average Bonchev–Trinajstić information content (AvgIpc) is 2.61. The molecular weight excluding hydrogens is 296 g/mol. The summed E-state index contributed by atoms with van der Waals surface area (Å²) in [5.41, 5.74) is 3.94. The van der Waals surface area contributed by atoms with E-state index in [4.69, 9.17) is 4.74 Å². The van der Waals surface area contributed by atoms with Gasteiger partial charge in [0.25, 0.3) is 0 Å². The molecule has 1 aliphatic rings. The molecule has 1 aliphatic carbocycles. The molecule has 0 aromatic heterocycles. The van der Waals surface area contributed by atoms with Crippen LogP contribution < -0.4 is 0 Å². The van der Waals surface area contributed by atoms with Crippen molar-refractivity contribution in [2.24, 2.45) is 5.92 Å². The van der Waals surface area contributed by atoms with Gasteiger partial charge in [-0.05, 0) is 41.9 Å². The van der Waals surface area contributed by atoms with Crippen LogP contribution in [0.1, 0.15) is 51.0 Å². The smallest absolute Gasteiger partial charge is 0.305 e. The van der Waals surface area contributed by atoms with Crippen molar-refractivity contribution in [1.29, 1.82) is 0 Å². The van der Waals surface area contributed by atoms with Crippen LogP contribution in [-0.2, 0) is 9.53 Å². The first-order valence-corrected chi connectivity index (χ1v) is 8.79. The molecular formula is C22H28O2. The Bertz CT molecular complexity index is 621. The van der Waals surface area contributed by atoms with Gasteiger partial charge in [0.05, 0.1) is 7.11 Å². The molecule has 0 amide bonds. The lowest BCUT2D eigenvalue weighted by atomic mass is 9.84. The van der Waals surface area contributed by atoms with Crippen molar-refractivity contribution < 1.29 is 9.53 Å². The number of ether oxygens (including phenoxy) is 1. The van der Waals surface area contributed by atoms with Crippen molar-refractivity contribution in [1.82, 2.24) is 0 Å². The number of benzene rings is 1. The Kier molecular flexibility index (Phi) is 7.05. The first-order valence-electron chi connectivity index (χ1n) is 8.79. The zero-order valence-electron chi connectivity index (χ0n) is 15.0. The summed E-state index contributed by atoms with van der Waals surface area (Å²) in [7, 11) is 1.45. The number of carbonyl (C=O) groups is 1. The maximum absolute atomic E-state index is 11.6. The van der Waals surface area contributed by atoms with Crippen LogP contribution in [0.5, 0.6) is 0 Å². The van der Waals surface area contributed by atoms with E-state index in [-0.39, 0.29) is 11.9 Å². The number of hydrogen-bond donors (Lipinski definition) is 0. The zero-order chi connectivity index (χ0) is 17.4. The van der Waals surface area contributed by atoms with Gasteiger partial charge in [-0.3, -0.25) is 4.79 Å². The number of methoxy groups -OCH3 is 1. The molecule has 1 atom stereocenters. The fourth-order valence-corrected chi connectivity index (χ4v) is 2.95. The Hall–Kier alpha value is -2.09. The van der Waals surface area contributed by atoms with Gasteiger partial charge in [-0.15, -0.1) is 0 Å². The third-order valence-electron chi connectivity index (χ3n) is 4.38. The minimum Gasteiger partial charge on any atom is -0.469 e. The Morgan fingerprint density at radius 2 is 1.96 bits per heavy atom. The summed E-state index contributed by atoms with van der Waals surface area (Å²) in [5.74, 6) is 0.787. The summed E-state index contributed by atoms with van der Waals surface area (Å²) in [6, 6.07) is 10.4. The monoisotopic (exact) mass is 324 g/mol. The minimum atomic E-state index is -0.145. The van der Waals surface area contributed by atoms with E-state index >= 15 is 0 Å². The second-order valence-corrected chi connectivity index (χ2v) is 6.73. The van der Waals surface area contributed by atoms with E-state index in [1.165, 1.54) is 23.8 Å². The summed E-state index contributed by atoms with van der Waals surface area (Å²) in [6.45, 7) is 4.48. The van der Waals surface area contributed by atoms with Crippen LogP contribution in [0.2, 0.25) is 0 Å². The Balaban J connectivity index is 2.12. The highest BCUT2D eigenvalue weighted by Gasteiger charge is 2.18. The van der Waals surface area contributed by atoms with Crippen LogP contribution >= 0.6 is 0 Å². The maximum Gasteiger partial charge on any atom is 0.305 e. The molecule has 128 valence electrons. The van der Waals surface area contributed by atoms with E-state index < -0.39 is 0 Å². The average molecular weight is 324 g/mol. The van der Waals surface area contributed by atoms with Crippen molar-refractivity contribution in [2.45, 2.75) is 45.4 Å². The fourth-order valence-electron chi connectivity index (χ4n) is 2.95. The maximum atomic E-state index is 11.6. The highest BCUT2D eigenvalue weighted by atomic mass is 16.5.